The normalized spacial score (nSPS) is 10.7. The Morgan fingerprint density at radius 2 is 1.47 bits per heavy atom. The number of halogens is 3. The molecule has 0 atom stereocenters. The van der Waals surface area contributed by atoms with E-state index in [-0.39, 0.29) is 6.61 Å². The molecule has 0 saturated carbocycles. The lowest BCUT2D eigenvalue weighted by atomic mass is 10.1. The molecule has 0 radical (unpaired) electrons. The van der Waals surface area contributed by atoms with Crippen molar-refractivity contribution in [3.05, 3.63) is 86.4 Å². The predicted octanol–water partition coefficient (Wildman–Crippen LogP) is 6.53. The highest BCUT2D eigenvalue weighted by Gasteiger charge is 2.13. The molecule has 3 aromatic carbocycles. The second-order valence-electron chi connectivity index (χ2n) is 6.53. The average molecular weight is 467 g/mol. The number of hydrogen-bond acceptors (Lipinski definition) is 4. The van der Waals surface area contributed by atoms with Crippen LogP contribution in [0.5, 0.6) is 17.2 Å². The number of hydrogen-bond donors (Lipinski definition) is 1. The second kappa shape index (κ2) is 10.8. The zero-order chi connectivity index (χ0) is 21.5. The molecule has 0 aliphatic heterocycles. The minimum absolute atomic E-state index is 0.209. The first-order valence-electron chi connectivity index (χ1n) is 9.27. The SMILES string of the molecule is COc1ccc(CNCc2cc(OC)c(OCc3c(Cl)cccc3Cl)cc2Cl)cc1. The fourth-order valence-electron chi connectivity index (χ4n) is 2.89. The molecule has 3 rings (SSSR count). The van der Waals surface area contributed by atoms with Crippen LogP contribution in [0.2, 0.25) is 15.1 Å². The van der Waals surface area contributed by atoms with Gasteiger partial charge in [0.05, 0.1) is 14.2 Å². The minimum Gasteiger partial charge on any atom is -0.497 e. The van der Waals surface area contributed by atoms with E-state index in [9.17, 15) is 0 Å². The topological polar surface area (TPSA) is 39.7 Å². The van der Waals surface area contributed by atoms with E-state index >= 15 is 0 Å². The quantitative estimate of drug-likeness (QED) is 0.389. The molecule has 0 bridgehead atoms. The summed E-state index contributed by atoms with van der Waals surface area (Å²) in [5, 5.41) is 5.06. The summed E-state index contributed by atoms with van der Waals surface area (Å²) in [5.41, 5.74) is 2.77. The molecule has 0 unspecified atom stereocenters. The third-order valence-electron chi connectivity index (χ3n) is 4.57. The van der Waals surface area contributed by atoms with Gasteiger partial charge < -0.3 is 19.5 Å². The van der Waals surface area contributed by atoms with Gasteiger partial charge in [-0.15, -0.1) is 0 Å². The number of methoxy groups -OCH3 is 2. The van der Waals surface area contributed by atoms with Crippen molar-refractivity contribution in [2.45, 2.75) is 19.7 Å². The van der Waals surface area contributed by atoms with Crippen molar-refractivity contribution >= 4 is 34.8 Å². The highest BCUT2D eigenvalue weighted by atomic mass is 35.5. The third-order valence-corrected chi connectivity index (χ3v) is 5.63. The molecule has 0 fully saturated rings. The smallest absolute Gasteiger partial charge is 0.163 e. The van der Waals surface area contributed by atoms with E-state index in [1.54, 1.807) is 38.5 Å². The van der Waals surface area contributed by atoms with E-state index in [0.717, 1.165) is 16.9 Å². The van der Waals surface area contributed by atoms with Crippen molar-refractivity contribution < 1.29 is 14.2 Å². The molecular weight excluding hydrogens is 445 g/mol. The first-order chi connectivity index (χ1) is 14.5. The Bertz CT molecular complexity index is 973. The summed E-state index contributed by atoms with van der Waals surface area (Å²) in [6.07, 6.45) is 0. The van der Waals surface area contributed by atoms with Gasteiger partial charge in [0.2, 0.25) is 0 Å². The van der Waals surface area contributed by atoms with Gasteiger partial charge in [-0.05, 0) is 41.5 Å². The maximum atomic E-state index is 6.48. The largest absolute Gasteiger partial charge is 0.497 e. The summed E-state index contributed by atoms with van der Waals surface area (Å²) in [6.45, 7) is 1.49. The van der Waals surface area contributed by atoms with Crippen LogP contribution in [0.25, 0.3) is 0 Å². The Kier molecular flexibility index (Phi) is 8.11. The molecule has 0 amide bonds. The van der Waals surface area contributed by atoms with Crippen molar-refractivity contribution in [3.63, 3.8) is 0 Å². The fourth-order valence-corrected chi connectivity index (χ4v) is 3.62. The Morgan fingerprint density at radius 3 is 2.10 bits per heavy atom. The van der Waals surface area contributed by atoms with Crippen molar-refractivity contribution in [2.75, 3.05) is 14.2 Å². The van der Waals surface area contributed by atoms with Crippen LogP contribution in [0, 0.1) is 0 Å². The summed E-state index contributed by atoms with van der Waals surface area (Å²) in [7, 11) is 3.24. The first-order valence-corrected chi connectivity index (χ1v) is 10.4. The molecule has 0 aliphatic rings. The van der Waals surface area contributed by atoms with E-state index in [0.29, 0.717) is 45.2 Å². The molecule has 0 aromatic heterocycles. The van der Waals surface area contributed by atoms with Gasteiger partial charge in [-0.3, -0.25) is 0 Å². The van der Waals surface area contributed by atoms with Gasteiger partial charge in [-0.2, -0.15) is 0 Å². The third kappa shape index (κ3) is 5.73. The lowest BCUT2D eigenvalue weighted by Gasteiger charge is -2.15. The van der Waals surface area contributed by atoms with Gasteiger partial charge in [0, 0.05) is 39.8 Å². The van der Waals surface area contributed by atoms with Crippen LogP contribution >= 0.6 is 34.8 Å². The van der Waals surface area contributed by atoms with Gasteiger partial charge >= 0.3 is 0 Å². The summed E-state index contributed by atoms with van der Waals surface area (Å²) in [6, 6.07) is 16.9. The minimum atomic E-state index is 0.209. The molecule has 4 nitrogen and oxygen atoms in total. The van der Waals surface area contributed by atoms with Crippen LogP contribution in [0.3, 0.4) is 0 Å². The lowest BCUT2D eigenvalue weighted by Crippen LogP contribution is -2.13. The van der Waals surface area contributed by atoms with Gasteiger partial charge in [-0.1, -0.05) is 53.0 Å². The molecule has 158 valence electrons. The van der Waals surface area contributed by atoms with Crippen molar-refractivity contribution in [3.8, 4) is 17.2 Å². The lowest BCUT2D eigenvalue weighted by molar-refractivity contribution is 0.284. The van der Waals surface area contributed by atoms with Gasteiger partial charge in [0.25, 0.3) is 0 Å². The number of nitrogens with one attached hydrogen (secondary N) is 1. The van der Waals surface area contributed by atoms with Crippen LogP contribution in [0.15, 0.2) is 54.6 Å². The van der Waals surface area contributed by atoms with Crippen LogP contribution in [0.4, 0.5) is 0 Å². The zero-order valence-electron chi connectivity index (χ0n) is 16.7. The van der Waals surface area contributed by atoms with Crippen molar-refractivity contribution in [1.82, 2.24) is 5.32 Å². The molecule has 0 heterocycles. The maximum absolute atomic E-state index is 6.48. The Morgan fingerprint density at radius 1 is 0.767 bits per heavy atom. The molecule has 7 heteroatoms. The standard InChI is InChI=1S/C23H22Cl3NO3/c1-28-17-8-6-15(7-9-17)12-27-13-16-10-22(29-2)23(11-21(16)26)30-14-18-19(24)4-3-5-20(18)25/h3-11,27H,12-14H2,1-2H3. The molecule has 3 aromatic rings. The molecule has 0 spiro atoms. The summed E-state index contributed by atoms with van der Waals surface area (Å²) in [4.78, 5) is 0. The van der Waals surface area contributed by atoms with Gasteiger partial charge in [0.15, 0.2) is 11.5 Å². The Balaban J connectivity index is 1.65. The van der Waals surface area contributed by atoms with E-state index in [2.05, 4.69) is 5.32 Å². The molecule has 0 aliphatic carbocycles. The Hall–Kier alpha value is -2.11. The predicted molar refractivity (Wildman–Crippen MR) is 122 cm³/mol. The summed E-state index contributed by atoms with van der Waals surface area (Å²) < 4.78 is 16.6. The first kappa shape index (κ1) is 22.6. The van der Waals surface area contributed by atoms with Gasteiger partial charge in [0.1, 0.15) is 12.4 Å². The van der Waals surface area contributed by atoms with E-state index in [1.165, 1.54) is 0 Å². The van der Waals surface area contributed by atoms with Crippen LogP contribution in [-0.4, -0.2) is 14.2 Å². The number of benzene rings is 3. The Labute approximate surface area is 191 Å². The maximum Gasteiger partial charge on any atom is 0.163 e. The zero-order valence-corrected chi connectivity index (χ0v) is 18.9. The van der Waals surface area contributed by atoms with E-state index < -0.39 is 0 Å². The van der Waals surface area contributed by atoms with E-state index in [4.69, 9.17) is 49.0 Å². The van der Waals surface area contributed by atoms with Crippen LogP contribution in [0.1, 0.15) is 16.7 Å². The van der Waals surface area contributed by atoms with Gasteiger partial charge in [-0.25, -0.2) is 0 Å². The molecular formula is C23H22Cl3NO3. The molecule has 0 saturated heterocycles. The highest BCUT2D eigenvalue weighted by Crippen LogP contribution is 2.35. The van der Waals surface area contributed by atoms with Crippen LogP contribution < -0.4 is 19.5 Å². The molecule has 30 heavy (non-hydrogen) atoms. The number of rotatable bonds is 9. The summed E-state index contributed by atoms with van der Waals surface area (Å²) in [5.74, 6) is 1.95. The fraction of sp³-hybridized carbons (Fsp3) is 0.217. The average Bonchev–Trinajstić information content (AvgIpc) is 2.75. The molecule has 1 N–H and O–H groups in total. The van der Waals surface area contributed by atoms with Crippen molar-refractivity contribution in [2.24, 2.45) is 0 Å². The monoisotopic (exact) mass is 465 g/mol. The second-order valence-corrected chi connectivity index (χ2v) is 7.76. The van der Waals surface area contributed by atoms with E-state index in [1.807, 2.05) is 30.3 Å². The van der Waals surface area contributed by atoms with Crippen LogP contribution in [-0.2, 0) is 19.7 Å². The number of ether oxygens (including phenoxy) is 3. The summed E-state index contributed by atoms with van der Waals surface area (Å²) >= 11 is 18.9. The highest BCUT2D eigenvalue weighted by molar-refractivity contribution is 6.36. The van der Waals surface area contributed by atoms with Crippen molar-refractivity contribution in [1.29, 1.82) is 0 Å².